The van der Waals surface area contributed by atoms with Gasteiger partial charge >= 0.3 is 0 Å². The fraction of sp³-hybridized carbons (Fsp3) is 0.562. The van der Waals surface area contributed by atoms with Crippen LogP contribution in [0.15, 0.2) is 18.2 Å². The number of rotatable bonds is 3. The third kappa shape index (κ3) is 2.80. The summed E-state index contributed by atoms with van der Waals surface area (Å²) in [5.74, 6) is 1.48. The summed E-state index contributed by atoms with van der Waals surface area (Å²) >= 11 is 0. The molecule has 20 heavy (non-hydrogen) atoms. The van der Waals surface area contributed by atoms with Gasteiger partial charge in [0.05, 0.1) is 0 Å². The molecule has 0 saturated heterocycles. The molecule has 1 aliphatic carbocycles. The van der Waals surface area contributed by atoms with Crippen molar-refractivity contribution in [1.82, 2.24) is 0 Å². The van der Waals surface area contributed by atoms with Gasteiger partial charge in [0, 0.05) is 18.0 Å². The molecular weight excluding hydrogens is 252 g/mol. The Hall–Kier alpha value is -1.55. The van der Waals surface area contributed by atoms with Crippen LogP contribution < -0.4 is 15.8 Å². The van der Waals surface area contributed by atoms with Crippen LogP contribution in [0.25, 0.3) is 0 Å². The van der Waals surface area contributed by atoms with Crippen molar-refractivity contribution in [2.24, 2.45) is 11.7 Å². The molecule has 1 aromatic carbocycles. The van der Waals surface area contributed by atoms with E-state index >= 15 is 0 Å². The van der Waals surface area contributed by atoms with E-state index in [2.05, 4.69) is 11.4 Å². The molecule has 4 nitrogen and oxygen atoms in total. The van der Waals surface area contributed by atoms with E-state index in [-0.39, 0.29) is 12.0 Å². The zero-order valence-electron chi connectivity index (χ0n) is 11.7. The number of carbonyl (C=O) groups excluding carboxylic acids is 1. The molecule has 1 saturated carbocycles. The number of hydrogen-bond donors (Lipinski definition) is 2. The Morgan fingerprint density at radius 1 is 1.25 bits per heavy atom. The monoisotopic (exact) mass is 274 g/mol. The number of nitrogens with two attached hydrogens (primary N) is 1. The van der Waals surface area contributed by atoms with Crippen LogP contribution in [0, 0.1) is 5.92 Å². The number of aryl methyl sites for hydroxylation is 1. The van der Waals surface area contributed by atoms with Crippen molar-refractivity contribution in [1.29, 1.82) is 0 Å². The number of amides is 1. The summed E-state index contributed by atoms with van der Waals surface area (Å²) in [4.78, 5) is 11.4. The van der Waals surface area contributed by atoms with Crippen LogP contribution in [0.3, 0.4) is 0 Å². The quantitative estimate of drug-likeness (QED) is 0.890. The lowest BCUT2D eigenvalue weighted by molar-refractivity contribution is -0.116. The number of ether oxygens (including phenoxy) is 1. The van der Waals surface area contributed by atoms with Crippen LogP contribution >= 0.6 is 0 Å². The summed E-state index contributed by atoms with van der Waals surface area (Å²) in [7, 11) is 0. The van der Waals surface area contributed by atoms with Crippen molar-refractivity contribution in [2.45, 2.75) is 44.6 Å². The molecule has 2 aliphatic rings. The zero-order chi connectivity index (χ0) is 13.9. The minimum absolute atomic E-state index is 0.0987. The van der Waals surface area contributed by atoms with E-state index in [4.69, 9.17) is 10.5 Å². The molecule has 2 atom stereocenters. The number of carbonyl (C=O) groups is 1. The van der Waals surface area contributed by atoms with Crippen molar-refractivity contribution in [3.63, 3.8) is 0 Å². The van der Waals surface area contributed by atoms with Gasteiger partial charge in [0.25, 0.3) is 0 Å². The Kier molecular flexibility index (Phi) is 3.92. The molecule has 0 aromatic heterocycles. The fourth-order valence-electron chi connectivity index (χ4n) is 3.21. The number of hydrogen-bond acceptors (Lipinski definition) is 3. The van der Waals surface area contributed by atoms with Crippen LogP contribution in [0.5, 0.6) is 5.75 Å². The molecule has 3 rings (SSSR count). The smallest absolute Gasteiger partial charge is 0.224 e. The molecular formula is C16H22N2O2. The Balaban J connectivity index is 1.73. The third-order valence-corrected chi connectivity index (χ3v) is 4.40. The summed E-state index contributed by atoms with van der Waals surface area (Å²) in [5.41, 5.74) is 7.94. The van der Waals surface area contributed by atoms with Crippen molar-refractivity contribution in [3.05, 3.63) is 23.8 Å². The van der Waals surface area contributed by atoms with Crippen molar-refractivity contribution in [2.75, 3.05) is 11.9 Å². The van der Waals surface area contributed by atoms with Gasteiger partial charge < -0.3 is 15.8 Å². The first kappa shape index (κ1) is 13.4. The molecule has 1 aromatic rings. The Morgan fingerprint density at radius 2 is 2.10 bits per heavy atom. The van der Waals surface area contributed by atoms with E-state index in [9.17, 15) is 4.79 Å². The number of nitrogens with one attached hydrogen (secondary N) is 1. The van der Waals surface area contributed by atoms with Gasteiger partial charge in [0.2, 0.25) is 5.91 Å². The predicted molar refractivity (Wildman–Crippen MR) is 78.8 cm³/mol. The van der Waals surface area contributed by atoms with Crippen LogP contribution in [-0.2, 0) is 11.2 Å². The maximum Gasteiger partial charge on any atom is 0.224 e. The van der Waals surface area contributed by atoms with Gasteiger partial charge in [-0.25, -0.2) is 0 Å². The molecule has 1 amide bonds. The number of anilines is 1. The molecule has 0 bridgehead atoms. The van der Waals surface area contributed by atoms with Crippen LogP contribution in [0.1, 0.15) is 37.7 Å². The predicted octanol–water partition coefficient (Wildman–Crippen LogP) is 2.47. The normalized spacial score (nSPS) is 25.8. The van der Waals surface area contributed by atoms with E-state index in [1.165, 1.54) is 24.8 Å². The first-order chi connectivity index (χ1) is 9.76. The molecule has 0 radical (unpaired) electrons. The van der Waals surface area contributed by atoms with Crippen LogP contribution in [0.2, 0.25) is 0 Å². The lowest BCUT2D eigenvalue weighted by atomic mass is 9.86. The van der Waals surface area contributed by atoms with Crippen molar-refractivity contribution in [3.8, 4) is 5.75 Å². The summed E-state index contributed by atoms with van der Waals surface area (Å²) in [5, 5.41) is 2.90. The lowest BCUT2D eigenvalue weighted by Crippen LogP contribution is -2.35. The SMILES string of the molecule is NCC1CCCCC1Oc1ccc2c(c1)CCC(=O)N2. The van der Waals surface area contributed by atoms with E-state index in [1.54, 1.807) is 0 Å². The van der Waals surface area contributed by atoms with Gasteiger partial charge in [0.15, 0.2) is 0 Å². The lowest BCUT2D eigenvalue weighted by Gasteiger charge is -2.31. The zero-order valence-corrected chi connectivity index (χ0v) is 11.7. The van der Waals surface area contributed by atoms with Gasteiger partial charge in [-0.15, -0.1) is 0 Å². The molecule has 108 valence electrons. The largest absolute Gasteiger partial charge is 0.490 e. The molecule has 1 fully saturated rings. The van der Waals surface area contributed by atoms with Crippen molar-refractivity contribution < 1.29 is 9.53 Å². The van der Waals surface area contributed by atoms with Gasteiger partial charge in [-0.3, -0.25) is 4.79 Å². The molecule has 1 heterocycles. The first-order valence-electron chi connectivity index (χ1n) is 7.56. The molecule has 1 aliphatic heterocycles. The Morgan fingerprint density at radius 3 is 2.95 bits per heavy atom. The molecule has 2 unspecified atom stereocenters. The van der Waals surface area contributed by atoms with E-state index in [0.717, 1.165) is 24.3 Å². The summed E-state index contributed by atoms with van der Waals surface area (Å²) in [6, 6.07) is 5.96. The van der Waals surface area contributed by atoms with Gasteiger partial charge in [-0.1, -0.05) is 6.42 Å². The molecule has 0 spiro atoms. The maximum absolute atomic E-state index is 11.4. The minimum Gasteiger partial charge on any atom is -0.490 e. The van der Waals surface area contributed by atoms with E-state index in [0.29, 0.717) is 18.9 Å². The fourth-order valence-corrected chi connectivity index (χ4v) is 3.21. The average molecular weight is 274 g/mol. The van der Waals surface area contributed by atoms with Gasteiger partial charge in [-0.05, 0) is 56.0 Å². The van der Waals surface area contributed by atoms with Crippen molar-refractivity contribution >= 4 is 11.6 Å². The van der Waals surface area contributed by atoms with Gasteiger partial charge in [0.1, 0.15) is 11.9 Å². The second-order valence-electron chi connectivity index (χ2n) is 5.80. The number of fused-ring (bicyclic) bond motifs is 1. The maximum atomic E-state index is 11.4. The second kappa shape index (κ2) is 5.83. The summed E-state index contributed by atoms with van der Waals surface area (Å²) in [6.45, 7) is 0.700. The summed E-state index contributed by atoms with van der Waals surface area (Å²) in [6.07, 6.45) is 6.34. The Labute approximate surface area is 119 Å². The summed E-state index contributed by atoms with van der Waals surface area (Å²) < 4.78 is 6.16. The van der Waals surface area contributed by atoms with Crippen LogP contribution in [0.4, 0.5) is 5.69 Å². The highest BCUT2D eigenvalue weighted by Gasteiger charge is 2.26. The van der Waals surface area contributed by atoms with Gasteiger partial charge in [-0.2, -0.15) is 0 Å². The number of benzene rings is 1. The second-order valence-corrected chi connectivity index (χ2v) is 5.80. The van der Waals surface area contributed by atoms with E-state index in [1.807, 2.05) is 12.1 Å². The van der Waals surface area contributed by atoms with E-state index < -0.39 is 0 Å². The minimum atomic E-state index is 0.0987. The average Bonchev–Trinajstić information content (AvgIpc) is 2.48. The highest BCUT2D eigenvalue weighted by molar-refractivity contribution is 5.93. The van der Waals surface area contributed by atoms with Crippen LogP contribution in [-0.4, -0.2) is 18.6 Å². The standard InChI is InChI=1S/C16H22N2O2/c17-10-12-3-1-2-4-15(12)20-13-6-7-14-11(9-13)5-8-16(19)18-14/h6-7,9,12,15H,1-5,8,10,17H2,(H,18,19). The highest BCUT2D eigenvalue weighted by Crippen LogP contribution is 2.31. The molecule has 3 N–H and O–H groups in total. The highest BCUT2D eigenvalue weighted by atomic mass is 16.5. The Bertz CT molecular complexity index is 501. The third-order valence-electron chi connectivity index (χ3n) is 4.40. The molecule has 4 heteroatoms. The first-order valence-corrected chi connectivity index (χ1v) is 7.56. The topological polar surface area (TPSA) is 64.3 Å².